The topological polar surface area (TPSA) is 15.3 Å². The van der Waals surface area contributed by atoms with E-state index in [0.29, 0.717) is 5.54 Å². The normalized spacial score (nSPS) is 29.1. The number of likely N-dealkylation sites (tertiary alicyclic amines) is 1. The highest BCUT2D eigenvalue weighted by Gasteiger charge is 2.36. The molecule has 0 bridgehead atoms. The molecule has 1 fully saturated rings. The zero-order chi connectivity index (χ0) is 9.90. The van der Waals surface area contributed by atoms with E-state index in [-0.39, 0.29) is 0 Å². The van der Waals surface area contributed by atoms with Gasteiger partial charge < -0.3 is 5.32 Å². The van der Waals surface area contributed by atoms with Gasteiger partial charge in [-0.15, -0.1) is 0 Å². The van der Waals surface area contributed by atoms with Gasteiger partial charge in [0.15, 0.2) is 0 Å². The van der Waals surface area contributed by atoms with Crippen LogP contribution in [0.1, 0.15) is 33.6 Å². The van der Waals surface area contributed by atoms with Crippen molar-refractivity contribution in [3.63, 3.8) is 0 Å². The summed E-state index contributed by atoms with van der Waals surface area (Å²) in [5.74, 6) is 0.811. The Morgan fingerprint density at radius 2 is 2.15 bits per heavy atom. The minimum absolute atomic E-state index is 0.385. The molecule has 0 aromatic rings. The molecular weight excluding hydrogens is 160 g/mol. The van der Waals surface area contributed by atoms with Gasteiger partial charge in [0.25, 0.3) is 0 Å². The maximum absolute atomic E-state index is 3.31. The number of rotatable bonds is 3. The average molecular weight is 184 g/mol. The Kier molecular flexibility index (Phi) is 3.74. The van der Waals surface area contributed by atoms with Crippen LogP contribution < -0.4 is 5.32 Å². The van der Waals surface area contributed by atoms with Crippen LogP contribution in [0.15, 0.2) is 0 Å². The van der Waals surface area contributed by atoms with Crippen LogP contribution in [-0.4, -0.2) is 37.1 Å². The van der Waals surface area contributed by atoms with Crippen molar-refractivity contribution in [2.45, 2.75) is 39.2 Å². The van der Waals surface area contributed by atoms with Gasteiger partial charge in [0, 0.05) is 5.54 Å². The fourth-order valence-electron chi connectivity index (χ4n) is 2.59. The van der Waals surface area contributed by atoms with Crippen LogP contribution in [0.2, 0.25) is 0 Å². The van der Waals surface area contributed by atoms with Crippen molar-refractivity contribution >= 4 is 0 Å². The fraction of sp³-hybridized carbons (Fsp3) is 1.00. The summed E-state index contributed by atoms with van der Waals surface area (Å²) in [5, 5.41) is 3.31. The molecule has 2 heteroatoms. The molecule has 1 N–H and O–H groups in total. The first-order chi connectivity index (χ1) is 6.12. The quantitative estimate of drug-likeness (QED) is 0.718. The van der Waals surface area contributed by atoms with E-state index >= 15 is 0 Å². The highest BCUT2D eigenvalue weighted by Crippen LogP contribution is 2.32. The zero-order valence-electron chi connectivity index (χ0n) is 9.56. The molecular formula is C11H24N2. The lowest BCUT2D eigenvalue weighted by Gasteiger charge is -2.48. The van der Waals surface area contributed by atoms with Crippen LogP contribution in [0.25, 0.3) is 0 Å². The SMILES string of the molecule is CCN1CCCC(CNC)C1(C)C. The van der Waals surface area contributed by atoms with E-state index in [0.717, 1.165) is 12.5 Å². The molecule has 0 aromatic heterocycles. The van der Waals surface area contributed by atoms with Gasteiger partial charge in [-0.25, -0.2) is 0 Å². The Morgan fingerprint density at radius 3 is 2.69 bits per heavy atom. The van der Waals surface area contributed by atoms with E-state index in [2.05, 4.69) is 38.0 Å². The van der Waals surface area contributed by atoms with Crippen molar-refractivity contribution in [1.82, 2.24) is 10.2 Å². The smallest absolute Gasteiger partial charge is 0.0193 e. The lowest BCUT2D eigenvalue weighted by Crippen LogP contribution is -2.55. The van der Waals surface area contributed by atoms with Crippen LogP contribution >= 0.6 is 0 Å². The molecule has 0 saturated carbocycles. The molecule has 1 aliphatic heterocycles. The molecule has 0 aromatic carbocycles. The standard InChI is InChI=1S/C11H24N2/c1-5-13-8-6-7-10(9-12-4)11(13,2)3/h10,12H,5-9H2,1-4H3. The molecule has 0 spiro atoms. The minimum atomic E-state index is 0.385. The summed E-state index contributed by atoms with van der Waals surface area (Å²) in [4.78, 5) is 2.61. The van der Waals surface area contributed by atoms with Crippen LogP contribution in [0, 0.1) is 5.92 Å². The van der Waals surface area contributed by atoms with Crippen LogP contribution in [0.4, 0.5) is 0 Å². The lowest BCUT2D eigenvalue weighted by molar-refractivity contribution is 0.0275. The predicted octanol–water partition coefficient (Wildman–Crippen LogP) is 1.72. The molecule has 1 unspecified atom stereocenters. The monoisotopic (exact) mass is 184 g/mol. The highest BCUT2D eigenvalue weighted by molar-refractivity contribution is 4.92. The first kappa shape index (κ1) is 11.0. The lowest BCUT2D eigenvalue weighted by atomic mass is 9.79. The van der Waals surface area contributed by atoms with Gasteiger partial charge in [-0.2, -0.15) is 0 Å². The number of hydrogen-bond acceptors (Lipinski definition) is 2. The fourth-order valence-corrected chi connectivity index (χ4v) is 2.59. The van der Waals surface area contributed by atoms with Gasteiger partial charge in [-0.05, 0) is 59.3 Å². The molecule has 1 aliphatic rings. The summed E-state index contributed by atoms with van der Waals surface area (Å²) < 4.78 is 0. The molecule has 0 radical (unpaired) electrons. The average Bonchev–Trinajstić information content (AvgIpc) is 2.08. The van der Waals surface area contributed by atoms with E-state index in [4.69, 9.17) is 0 Å². The molecule has 1 saturated heterocycles. The Morgan fingerprint density at radius 1 is 1.46 bits per heavy atom. The molecule has 1 atom stereocenters. The van der Waals surface area contributed by atoms with Gasteiger partial charge in [0.05, 0.1) is 0 Å². The number of piperidine rings is 1. The number of nitrogens with one attached hydrogen (secondary N) is 1. The van der Waals surface area contributed by atoms with E-state index in [1.807, 2.05) is 0 Å². The molecule has 78 valence electrons. The van der Waals surface area contributed by atoms with Gasteiger partial charge in [-0.3, -0.25) is 4.90 Å². The van der Waals surface area contributed by atoms with Crippen LogP contribution in [-0.2, 0) is 0 Å². The zero-order valence-corrected chi connectivity index (χ0v) is 9.56. The summed E-state index contributed by atoms with van der Waals surface area (Å²) in [6.07, 6.45) is 2.74. The first-order valence-corrected chi connectivity index (χ1v) is 5.52. The van der Waals surface area contributed by atoms with Gasteiger partial charge >= 0.3 is 0 Å². The van der Waals surface area contributed by atoms with Gasteiger partial charge in [0.2, 0.25) is 0 Å². The van der Waals surface area contributed by atoms with Gasteiger partial charge in [-0.1, -0.05) is 6.92 Å². The third-order valence-corrected chi connectivity index (χ3v) is 3.63. The maximum Gasteiger partial charge on any atom is 0.0193 e. The summed E-state index contributed by atoms with van der Waals surface area (Å²) in [6.45, 7) is 10.7. The van der Waals surface area contributed by atoms with Crippen LogP contribution in [0.5, 0.6) is 0 Å². The van der Waals surface area contributed by atoms with Crippen molar-refractivity contribution in [2.24, 2.45) is 5.92 Å². The first-order valence-electron chi connectivity index (χ1n) is 5.52. The summed E-state index contributed by atoms with van der Waals surface area (Å²) >= 11 is 0. The second-order valence-corrected chi connectivity index (χ2v) is 4.63. The van der Waals surface area contributed by atoms with E-state index in [9.17, 15) is 0 Å². The summed E-state index contributed by atoms with van der Waals surface area (Å²) in [6, 6.07) is 0. The van der Waals surface area contributed by atoms with Crippen molar-refractivity contribution in [3.8, 4) is 0 Å². The van der Waals surface area contributed by atoms with E-state index in [1.165, 1.54) is 25.9 Å². The Hall–Kier alpha value is -0.0800. The van der Waals surface area contributed by atoms with Crippen molar-refractivity contribution in [2.75, 3.05) is 26.7 Å². The van der Waals surface area contributed by atoms with Crippen LogP contribution in [0.3, 0.4) is 0 Å². The Bertz CT molecular complexity index is 152. The largest absolute Gasteiger partial charge is 0.319 e. The molecule has 1 rings (SSSR count). The Labute approximate surface area is 82.7 Å². The highest BCUT2D eigenvalue weighted by atomic mass is 15.2. The number of hydrogen-bond donors (Lipinski definition) is 1. The van der Waals surface area contributed by atoms with Crippen molar-refractivity contribution in [3.05, 3.63) is 0 Å². The minimum Gasteiger partial charge on any atom is -0.319 e. The Balaban J connectivity index is 2.63. The molecule has 2 nitrogen and oxygen atoms in total. The predicted molar refractivity (Wildman–Crippen MR) is 58.0 cm³/mol. The van der Waals surface area contributed by atoms with E-state index < -0.39 is 0 Å². The molecule has 13 heavy (non-hydrogen) atoms. The van der Waals surface area contributed by atoms with Crippen molar-refractivity contribution < 1.29 is 0 Å². The van der Waals surface area contributed by atoms with Crippen molar-refractivity contribution in [1.29, 1.82) is 0 Å². The van der Waals surface area contributed by atoms with E-state index in [1.54, 1.807) is 0 Å². The third kappa shape index (κ3) is 2.23. The number of nitrogens with zero attached hydrogens (tertiary/aromatic N) is 1. The third-order valence-electron chi connectivity index (χ3n) is 3.63. The molecule has 0 aliphatic carbocycles. The van der Waals surface area contributed by atoms with Gasteiger partial charge in [0.1, 0.15) is 0 Å². The summed E-state index contributed by atoms with van der Waals surface area (Å²) in [5.41, 5.74) is 0.385. The summed E-state index contributed by atoms with van der Waals surface area (Å²) in [7, 11) is 2.06. The molecule has 1 heterocycles. The second kappa shape index (κ2) is 4.43. The molecule has 0 amide bonds. The maximum atomic E-state index is 3.31. The second-order valence-electron chi connectivity index (χ2n) is 4.63.